The number of aromatic nitrogens is 2. The summed E-state index contributed by atoms with van der Waals surface area (Å²) in [4.78, 5) is 7.46. The van der Waals surface area contributed by atoms with Crippen LogP contribution >= 0.6 is 11.8 Å². The quantitative estimate of drug-likeness (QED) is 0.379. The van der Waals surface area contributed by atoms with Crippen LogP contribution in [0.3, 0.4) is 0 Å². The number of sulfonamides is 1. The van der Waals surface area contributed by atoms with Crippen molar-refractivity contribution in [1.82, 2.24) is 18.8 Å². The maximum Gasteiger partial charge on any atom is 0.243 e. The molecule has 0 N–H and O–H groups in total. The molecule has 5 rings (SSSR count). The van der Waals surface area contributed by atoms with E-state index < -0.39 is 10.0 Å². The molecule has 37 heavy (non-hydrogen) atoms. The Morgan fingerprint density at radius 1 is 1.00 bits per heavy atom. The van der Waals surface area contributed by atoms with Gasteiger partial charge in [-0.15, -0.1) is 0 Å². The average molecular weight is 549 g/mol. The van der Waals surface area contributed by atoms with Gasteiger partial charge >= 0.3 is 0 Å². The van der Waals surface area contributed by atoms with Gasteiger partial charge in [0.2, 0.25) is 10.0 Å². The molecule has 3 heterocycles. The van der Waals surface area contributed by atoms with Crippen molar-refractivity contribution in [2.45, 2.75) is 35.7 Å². The summed E-state index contributed by atoms with van der Waals surface area (Å²) in [5.41, 5.74) is 2.77. The molecule has 2 aromatic carbocycles. The van der Waals surface area contributed by atoms with E-state index in [-0.39, 0.29) is 10.7 Å². The molecule has 2 aliphatic rings. The number of fused-ring (bicyclic) bond motifs is 1. The summed E-state index contributed by atoms with van der Waals surface area (Å²) < 4.78 is 55.5. The largest absolute Gasteiger partial charge is 0.379 e. The van der Waals surface area contributed by atoms with Crippen LogP contribution in [0, 0.1) is 12.7 Å². The molecule has 1 aromatic heterocycles. The molecule has 0 saturated carbocycles. The van der Waals surface area contributed by atoms with Crippen LogP contribution in [0.25, 0.3) is 11.0 Å². The number of hydrogen-bond acceptors (Lipinski definition) is 7. The van der Waals surface area contributed by atoms with Crippen molar-refractivity contribution < 1.29 is 22.3 Å². The molecule has 0 unspecified atom stereocenters. The summed E-state index contributed by atoms with van der Waals surface area (Å²) >= 11 is 1.48. The minimum atomic E-state index is -3.63. The van der Waals surface area contributed by atoms with Gasteiger partial charge in [0, 0.05) is 45.0 Å². The van der Waals surface area contributed by atoms with E-state index in [9.17, 15) is 12.8 Å². The summed E-state index contributed by atoms with van der Waals surface area (Å²) in [5.74, 6) is 0.253. The van der Waals surface area contributed by atoms with Gasteiger partial charge in [-0.05, 0) is 42.7 Å². The minimum absolute atomic E-state index is 0.191. The van der Waals surface area contributed by atoms with E-state index in [0.29, 0.717) is 48.7 Å². The third-order valence-electron chi connectivity index (χ3n) is 6.88. The van der Waals surface area contributed by atoms with Crippen LogP contribution in [0.1, 0.15) is 17.5 Å². The van der Waals surface area contributed by atoms with E-state index in [1.54, 1.807) is 31.2 Å². The van der Waals surface area contributed by atoms with Gasteiger partial charge in [-0.2, -0.15) is 4.31 Å². The van der Waals surface area contributed by atoms with Crippen molar-refractivity contribution in [3.63, 3.8) is 0 Å². The van der Waals surface area contributed by atoms with E-state index in [1.807, 2.05) is 12.1 Å². The van der Waals surface area contributed by atoms with Crippen molar-refractivity contribution in [3.8, 4) is 0 Å². The molecule has 2 fully saturated rings. The fourth-order valence-electron chi connectivity index (χ4n) is 4.75. The van der Waals surface area contributed by atoms with Gasteiger partial charge < -0.3 is 14.0 Å². The van der Waals surface area contributed by atoms with Crippen molar-refractivity contribution in [2.24, 2.45) is 0 Å². The predicted octanol–water partition coefficient (Wildman–Crippen LogP) is 3.52. The lowest BCUT2D eigenvalue weighted by Crippen LogP contribution is -2.40. The third kappa shape index (κ3) is 6.02. The summed E-state index contributed by atoms with van der Waals surface area (Å²) in [7, 11) is -3.63. The number of imidazole rings is 1. The summed E-state index contributed by atoms with van der Waals surface area (Å²) in [5, 5.41) is 0.763. The summed E-state index contributed by atoms with van der Waals surface area (Å²) in [6.07, 6.45) is 0.922. The molecule has 8 nitrogen and oxygen atoms in total. The van der Waals surface area contributed by atoms with Crippen molar-refractivity contribution in [3.05, 3.63) is 53.3 Å². The van der Waals surface area contributed by atoms with Gasteiger partial charge in [0.1, 0.15) is 5.82 Å². The van der Waals surface area contributed by atoms with Crippen molar-refractivity contribution >= 4 is 32.8 Å². The van der Waals surface area contributed by atoms with Gasteiger partial charge in [0.25, 0.3) is 0 Å². The SMILES string of the molecule is Cc1cccc(CSc2nc3cc(S(=O)(=O)N4CCOCC4)ccc3n2CCCN2CCOCC2)c1F. The van der Waals surface area contributed by atoms with E-state index in [0.717, 1.165) is 56.5 Å². The molecular formula is C26H33FN4O4S2. The first-order chi connectivity index (χ1) is 17.9. The van der Waals surface area contributed by atoms with E-state index in [2.05, 4.69) is 9.47 Å². The van der Waals surface area contributed by atoms with Crippen LogP contribution in [0.4, 0.5) is 4.39 Å². The highest BCUT2D eigenvalue weighted by atomic mass is 32.2. The molecule has 0 spiro atoms. The topological polar surface area (TPSA) is 76.9 Å². The zero-order chi connectivity index (χ0) is 25.8. The van der Waals surface area contributed by atoms with E-state index >= 15 is 0 Å². The molecule has 0 bridgehead atoms. The highest BCUT2D eigenvalue weighted by Gasteiger charge is 2.27. The smallest absolute Gasteiger partial charge is 0.243 e. The van der Waals surface area contributed by atoms with E-state index in [4.69, 9.17) is 14.5 Å². The number of benzene rings is 2. The molecule has 0 amide bonds. The number of aryl methyl sites for hydroxylation is 2. The molecule has 2 saturated heterocycles. The molecule has 3 aromatic rings. The Balaban J connectivity index is 1.41. The van der Waals surface area contributed by atoms with Crippen LogP contribution in [-0.2, 0) is 31.8 Å². The first-order valence-corrected chi connectivity index (χ1v) is 15.1. The normalized spacial score (nSPS) is 18.0. The highest BCUT2D eigenvalue weighted by molar-refractivity contribution is 7.98. The zero-order valence-corrected chi connectivity index (χ0v) is 22.7. The number of morpholine rings is 2. The second-order valence-electron chi connectivity index (χ2n) is 9.36. The van der Waals surface area contributed by atoms with Crippen LogP contribution in [0.15, 0.2) is 46.5 Å². The number of nitrogens with zero attached hydrogens (tertiary/aromatic N) is 4. The Hall–Kier alpha value is -2.02. The third-order valence-corrected chi connectivity index (χ3v) is 9.80. The molecule has 200 valence electrons. The van der Waals surface area contributed by atoms with Crippen molar-refractivity contribution in [2.75, 3.05) is 59.2 Å². The Morgan fingerprint density at radius 2 is 1.73 bits per heavy atom. The maximum atomic E-state index is 14.6. The lowest BCUT2D eigenvalue weighted by atomic mass is 10.1. The van der Waals surface area contributed by atoms with Gasteiger partial charge in [0.05, 0.1) is 42.4 Å². The molecule has 0 radical (unpaired) electrons. The lowest BCUT2D eigenvalue weighted by Gasteiger charge is -2.26. The first kappa shape index (κ1) is 26.6. The average Bonchev–Trinajstić information content (AvgIpc) is 3.27. The fourth-order valence-corrected chi connectivity index (χ4v) is 7.19. The maximum absolute atomic E-state index is 14.6. The number of ether oxygens (including phenoxy) is 2. The lowest BCUT2D eigenvalue weighted by molar-refractivity contribution is 0.0369. The van der Waals surface area contributed by atoms with Crippen LogP contribution in [0.2, 0.25) is 0 Å². The second-order valence-corrected chi connectivity index (χ2v) is 12.2. The second kappa shape index (κ2) is 11.8. The molecule has 0 atom stereocenters. The number of rotatable bonds is 9. The fraction of sp³-hybridized carbons (Fsp3) is 0.500. The van der Waals surface area contributed by atoms with Crippen LogP contribution in [-0.4, -0.2) is 86.3 Å². The van der Waals surface area contributed by atoms with Crippen molar-refractivity contribution in [1.29, 1.82) is 0 Å². The monoisotopic (exact) mass is 548 g/mol. The van der Waals surface area contributed by atoms with Crippen LogP contribution in [0.5, 0.6) is 0 Å². The molecule has 0 aliphatic carbocycles. The molecular weight excluding hydrogens is 515 g/mol. The predicted molar refractivity (Wildman–Crippen MR) is 142 cm³/mol. The first-order valence-electron chi connectivity index (χ1n) is 12.7. The van der Waals surface area contributed by atoms with Gasteiger partial charge in [-0.3, -0.25) is 4.90 Å². The standard InChI is InChI=1S/C26H33FN4O4S2/c1-20-4-2-5-21(25(20)27)19-36-26-28-23-18-22(37(32,33)30-12-16-35-17-13-30)6-7-24(23)31(26)9-3-8-29-10-14-34-15-11-29/h2,4-7,18H,3,8-17,19H2,1H3. The van der Waals surface area contributed by atoms with Gasteiger partial charge in [0.15, 0.2) is 5.16 Å². The van der Waals surface area contributed by atoms with Gasteiger partial charge in [-0.25, -0.2) is 17.8 Å². The number of thioether (sulfide) groups is 1. The Labute approximate surface area is 221 Å². The number of hydrogen-bond donors (Lipinski definition) is 0. The highest BCUT2D eigenvalue weighted by Crippen LogP contribution is 2.30. The van der Waals surface area contributed by atoms with E-state index in [1.165, 1.54) is 16.1 Å². The molecule has 11 heteroatoms. The Kier molecular flexibility index (Phi) is 8.47. The summed E-state index contributed by atoms with van der Waals surface area (Å²) in [6, 6.07) is 10.6. The number of halogens is 1. The van der Waals surface area contributed by atoms with Gasteiger partial charge in [-0.1, -0.05) is 30.0 Å². The minimum Gasteiger partial charge on any atom is -0.379 e. The van der Waals surface area contributed by atoms with Crippen LogP contribution < -0.4 is 0 Å². The zero-order valence-electron chi connectivity index (χ0n) is 21.1. The Bertz CT molecular complexity index is 1340. The molecule has 2 aliphatic heterocycles. The Morgan fingerprint density at radius 3 is 2.49 bits per heavy atom. The summed E-state index contributed by atoms with van der Waals surface area (Å²) in [6.45, 7) is 8.33.